The van der Waals surface area contributed by atoms with E-state index in [0.29, 0.717) is 10.6 Å². The Kier molecular flexibility index (Phi) is 7.47. The lowest BCUT2D eigenvalue weighted by atomic mass is 10.1. The average Bonchev–Trinajstić information content (AvgIpc) is 2.61. The molecule has 1 unspecified atom stereocenters. The van der Waals surface area contributed by atoms with Crippen molar-refractivity contribution in [2.24, 2.45) is 0 Å². The van der Waals surface area contributed by atoms with Crippen molar-refractivity contribution in [3.8, 4) is 0 Å². The first-order valence-electron chi connectivity index (χ1n) is 8.41. The summed E-state index contributed by atoms with van der Waals surface area (Å²) in [5, 5.41) is 5.06. The number of nitrogens with one attached hydrogen (secondary N) is 3. The van der Waals surface area contributed by atoms with Gasteiger partial charge in [-0.2, -0.15) is 13.2 Å². The van der Waals surface area contributed by atoms with Crippen molar-refractivity contribution >= 4 is 35.0 Å². The molecule has 0 spiro atoms. The SMILES string of the molecule is CSc1ccccc1NC(=O)C[NH+](C)CC(=O)Nc1ccccc1C(F)(F)F. The summed E-state index contributed by atoms with van der Waals surface area (Å²) in [6, 6.07) is 12.1. The minimum atomic E-state index is -4.56. The lowest BCUT2D eigenvalue weighted by molar-refractivity contribution is -0.862. The smallest absolute Gasteiger partial charge is 0.322 e. The Bertz CT molecular complexity index is 843. The first kappa shape index (κ1) is 21.8. The highest BCUT2D eigenvalue weighted by Crippen LogP contribution is 2.34. The quantitative estimate of drug-likeness (QED) is 0.613. The second kappa shape index (κ2) is 9.61. The molecule has 0 aromatic heterocycles. The summed E-state index contributed by atoms with van der Waals surface area (Å²) in [4.78, 5) is 25.8. The monoisotopic (exact) mass is 412 g/mol. The molecule has 0 radical (unpaired) electrons. The minimum Gasteiger partial charge on any atom is -0.322 e. The molecule has 0 fully saturated rings. The van der Waals surface area contributed by atoms with Crippen LogP contribution in [0.4, 0.5) is 24.5 Å². The Morgan fingerprint density at radius 1 is 0.929 bits per heavy atom. The Morgan fingerprint density at radius 3 is 2.00 bits per heavy atom. The molecule has 2 aromatic carbocycles. The predicted octanol–water partition coefficient (Wildman–Crippen LogP) is 2.52. The van der Waals surface area contributed by atoms with E-state index < -0.39 is 17.6 Å². The highest BCUT2D eigenvalue weighted by atomic mass is 32.2. The molecule has 0 aliphatic carbocycles. The van der Waals surface area contributed by atoms with Gasteiger partial charge in [-0.25, -0.2) is 0 Å². The minimum absolute atomic E-state index is 0.00292. The van der Waals surface area contributed by atoms with Crippen molar-refractivity contribution in [2.75, 3.05) is 37.0 Å². The van der Waals surface area contributed by atoms with Crippen LogP contribution >= 0.6 is 11.8 Å². The molecule has 0 heterocycles. The zero-order valence-corrected chi connectivity index (χ0v) is 16.2. The third-order valence-corrected chi connectivity index (χ3v) is 4.61. The van der Waals surface area contributed by atoms with Crippen LogP contribution in [0, 0.1) is 0 Å². The molecule has 150 valence electrons. The fourth-order valence-corrected chi connectivity index (χ4v) is 3.14. The van der Waals surface area contributed by atoms with Crippen LogP contribution in [0.1, 0.15) is 5.56 Å². The van der Waals surface area contributed by atoms with Gasteiger partial charge >= 0.3 is 6.18 Å². The Labute approximate surface area is 165 Å². The van der Waals surface area contributed by atoms with Crippen molar-refractivity contribution in [1.29, 1.82) is 0 Å². The zero-order chi connectivity index (χ0) is 20.7. The maximum absolute atomic E-state index is 13.0. The Balaban J connectivity index is 1.92. The van der Waals surface area contributed by atoms with Gasteiger partial charge in [0.2, 0.25) is 0 Å². The number of para-hydroxylation sites is 2. The molecule has 0 saturated heterocycles. The van der Waals surface area contributed by atoms with Gasteiger partial charge in [-0.1, -0.05) is 24.3 Å². The lowest BCUT2D eigenvalue weighted by Gasteiger charge is -2.16. The van der Waals surface area contributed by atoms with Crippen LogP contribution in [0.3, 0.4) is 0 Å². The van der Waals surface area contributed by atoms with Gasteiger partial charge in [0, 0.05) is 4.90 Å². The van der Waals surface area contributed by atoms with E-state index in [1.54, 1.807) is 19.2 Å². The van der Waals surface area contributed by atoms with Crippen LogP contribution in [-0.2, 0) is 15.8 Å². The molecule has 0 aliphatic heterocycles. The van der Waals surface area contributed by atoms with Crippen molar-refractivity contribution in [1.82, 2.24) is 0 Å². The van der Waals surface area contributed by atoms with Crippen LogP contribution in [-0.4, -0.2) is 38.2 Å². The number of quaternary nitrogens is 1. The molecular formula is C19H21F3N3O2S+. The number of carbonyl (C=O) groups excluding carboxylic acids is 2. The van der Waals surface area contributed by atoms with Gasteiger partial charge in [0.1, 0.15) is 0 Å². The van der Waals surface area contributed by atoms with E-state index in [1.165, 1.54) is 30.0 Å². The molecular weight excluding hydrogens is 391 g/mol. The van der Waals surface area contributed by atoms with E-state index in [4.69, 9.17) is 0 Å². The predicted molar refractivity (Wildman–Crippen MR) is 104 cm³/mol. The van der Waals surface area contributed by atoms with Gasteiger partial charge in [-0.15, -0.1) is 11.8 Å². The number of hydrogen-bond acceptors (Lipinski definition) is 3. The number of likely N-dealkylation sites (N-methyl/N-ethyl adjacent to an activating group) is 1. The third-order valence-electron chi connectivity index (χ3n) is 3.81. The van der Waals surface area contributed by atoms with Gasteiger partial charge in [-0.3, -0.25) is 9.59 Å². The molecule has 2 rings (SSSR count). The van der Waals surface area contributed by atoms with E-state index in [-0.39, 0.29) is 24.7 Å². The van der Waals surface area contributed by atoms with E-state index in [2.05, 4.69) is 10.6 Å². The molecule has 1 atom stereocenters. The topological polar surface area (TPSA) is 62.6 Å². The third kappa shape index (κ3) is 6.28. The maximum Gasteiger partial charge on any atom is 0.418 e. The first-order valence-corrected chi connectivity index (χ1v) is 9.63. The molecule has 0 bridgehead atoms. The highest BCUT2D eigenvalue weighted by Gasteiger charge is 2.33. The van der Waals surface area contributed by atoms with Crippen molar-refractivity contribution in [3.63, 3.8) is 0 Å². The van der Waals surface area contributed by atoms with Crippen LogP contribution < -0.4 is 15.5 Å². The van der Waals surface area contributed by atoms with Gasteiger partial charge < -0.3 is 15.5 Å². The fraction of sp³-hybridized carbons (Fsp3) is 0.263. The number of thioether (sulfide) groups is 1. The molecule has 2 amide bonds. The van der Waals surface area contributed by atoms with Gasteiger partial charge in [0.15, 0.2) is 13.1 Å². The standard InChI is InChI=1S/C19H20F3N3O2S/c1-25(12-18(27)24-15-9-5-6-10-16(15)28-2)11-17(26)23-14-8-4-3-7-13(14)19(20,21)22/h3-10H,11-12H2,1-2H3,(H,23,26)(H,24,27)/p+1. The molecule has 28 heavy (non-hydrogen) atoms. The summed E-state index contributed by atoms with van der Waals surface area (Å²) in [7, 11) is 1.62. The van der Waals surface area contributed by atoms with E-state index >= 15 is 0 Å². The van der Waals surface area contributed by atoms with Gasteiger partial charge in [-0.05, 0) is 30.5 Å². The van der Waals surface area contributed by atoms with E-state index in [0.717, 1.165) is 11.0 Å². The number of halogens is 3. The first-order chi connectivity index (χ1) is 13.2. The summed E-state index contributed by atoms with van der Waals surface area (Å²) < 4.78 is 39.0. The van der Waals surface area contributed by atoms with Gasteiger partial charge in [0.25, 0.3) is 11.8 Å². The summed E-state index contributed by atoms with van der Waals surface area (Å²) in [6.07, 6.45) is -2.67. The number of rotatable bonds is 7. The second-order valence-electron chi connectivity index (χ2n) is 6.15. The number of anilines is 2. The fourth-order valence-electron chi connectivity index (χ4n) is 2.59. The van der Waals surface area contributed by atoms with Crippen molar-refractivity contribution in [2.45, 2.75) is 11.1 Å². The zero-order valence-electron chi connectivity index (χ0n) is 15.4. The van der Waals surface area contributed by atoms with E-state index in [1.807, 2.05) is 18.4 Å². The highest BCUT2D eigenvalue weighted by molar-refractivity contribution is 7.98. The molecule has 9 heteroatoms. The molecule has 2 aromatic rings. The number of alkyl halides is 3. The summed E-state index contributed by atoms with van der Waals surface area (Å²) >= 11 is 1.49. The van der Waals surface area contributed by atoms with Crippen molar-refractivity contribution in [3.05, 3.63) is 54.1 Å². The largest absolute Gasteiger partial charge is 0.418 e. The van der Waals surface area contributed by atoms with Crippen molar-refractivity contribution < 1.29 is 27.7 Å². The lowest BCUT2D eigenvalue weighted by Crippen LogP contribution is -3.11. The molecule has 3 N–H and O–H groups in total. The number of benzene rings is 2. The summed E-state index contributed by atoms with van der Waals surface area (Å²) in [6.45, 7) is -0.152. The van der Waals surface area contributed by atoms with Crippen LogP contribution in [0.25, 0.3) is 0 Å². The van der Waals surface area contributed by atoms with E-state index in [9.17, 15) is 22.8 Å². The van der Waals surface area contributed by atoms with Crippen LogP contribution in [0.5, 0.6) is 0 Å². The summed E-state index contributed by atoms with van der Waals surface area (Å²) in [5.74, 6) is -0.894. The molecule has 0 aliphatic rings. The number of hydrogen-bond donors (Lipinski definition) is 3. The second-order valence-corrected chi connectivity index (χ2v) is 7.00. The average molecular weight is 412 g/mol. The van der Waals surface area contributed by atoms with Gasteiger partial charge in [0.05, 0.1) is 24.0 Å². The normalized spacial score (nSPS) is 12.3. The van der Waals surface area contributed by atoms with Crippen LogP contribution in [0.2, 0.25) is 0 Å². The maximum atomic E-state index is 13.0. The van der Waals surface area contributed by atoms with Crippen LogP contribution in [0.15, 0.2) is 53.4 Å². The molecule has 0 saturated carbocycles. The summed E-state index contributed by atoms with van der Waals surface area (Å²) in [5.41, 5.74) is -0.532. The number of carbonyl (C=O) groups is 2. The Hall–Kier alpha value is -2.52. The molecule has 5 nitrogen and oxygen atoms in total. The Morgan fingerprint density at radius 2 is 1.43 bits per heavy atom. The number of amides is 2.